The molecule has 1 atom stereocenters. The molecule has 0 radical (unpaired) electrons. The van der Waals surface area contributed by atoms with Crippen LogP contribution in [0.1, 0.15) is 61.0 Å². The van der Waals surface area contributed by atoms with E-state index in [-0.39, 0.29) is 28.8 Å². The van der Waals surface area contributed by atoms with Crippen molar-refractivity contribution in [3.8, 4) is 0 Å². The molecule has 2 aromatic rings. The van der Waals surface area contributed by atoms with E-state index in [0.29, 0.717) is 38.3 Å². The average Bonchev–Trinajstić information content (AvgIpc) is 3.50. The molecular weight excluding hydrogens is 516 g/mol. The van der Waals surface area contributed by atoms with Crippen LogP contribution in [-0.4, -0.2) is 75.4 Å². The first kappa shape index (κ1) is 26.7. The number of alkyl halides is 6. The molecule has 0 bridgehead atoms. The number of anilines is 2. The number of nitrogens with zero attached hydrogens (tertiary/aromatic N) is 6. The van der Waals surface area contributed by atoms with Crippen molar-refractivity contribution in [2.75, 3.05) is 42.9 Å². The number of piperidine rings is 1. The Morgan fingerprint density at radius 3 is 2.34 bits per heavy atom. The Hall–Kier alpha value is -2.90. The Kier molecular flexibility index (Phi) is 7.27. The molecule has 5 heterocycles. The first-order valence-electron chi connectivity index (χ1n) is 12.8. The molecular formula is C24H29F6N7O. The summed E-state index contributed by atoms with van der Waals surface area (Å²) < 4.78 is 82.6. The third kappa shape index (κ3) is 5.89. The van der Waals surface area contributed by atoms with Gasteiger partial charge in [-0.15, -0.1) is 0 Å². The van der Waals surface area contributed by atoms with Gasteiger partial charge in [0.05, 0.1) is 23.6 Å². The number of imidazole rings is 1. The molecule has 2 fully saturated rings. The highest BCUT2D eigenvalue weighted by molar-refractivity contribution is 5.94. The van der Waals surface area contributed by atoms with Gasteiger partial charge in [-0.3, -0.25) is 4.79 Å². The number of carbonyl (C=O) groups excluding carboxylic acids is 1. The summed E-state index contributed by atoms with van der Waals surface area (Å²) in [6.45, 7) is 3.90. The van der Waals surface area contributed by atoms with E-state index in [1.807, 2.05) is 4.57 Å². The van der Waals surface area contributed by atoms with Crippen LogP contribution in [0.5, 0.6) is 0 Å². The molecule has 8 nitrogen and oxygen atoms in total. The molecule has 0 unspecified atom stereocenters. The summed E-state index contributed by atoms with van der Waals surface area (Å²) >= 11 is 0. The highest BCUT2D eigenvalue weighted by Gasteiger charge is 2.48. The molecule has 2 aromatic heterocycles. The third-order valence-electron chi connectivity index (χ3n) is 7.51. The van der Waals surface area contributed by atoms with Gasteiger partial charge in [-0.1, -0.05) is 0 Å². The zero-order valence-electron chi connectivity index (χ0n) is 20.7. The molecule has 5 rings (SSSR count). The molecule has 14 heteroatoms. The number of likely N-dealkylation sites (tertiary alicyclic amines) is 1. The van der Waals surface area contributed by atoms with Crippen LogP contribution in [0, 0.1) is 0 Å². The van der Waals surface area contributed by atoms with Gasteiger partial charge in [0.2, 0.25) is 5.91 Å². The van der Waals surface area contributed by atoms with Crippen molar-refractivity contribution >= 4 is 17.5 Å². The summed E-state index contributed by atoms with van der Waals surface area (Å²) in [7, 11) is 0. The fraction of sp³-hybridized carbons (Fsp3) is 0.667. The summed E-state index contributed by atoms with van der Waals surface area (Å²) in [6, 6.07) is 0. The van der Waals surface area contributed by atoms with Crippen molar-refractivity contribution in [3.05, 3.63) is 29.6 Å². The van der Waals surface area contributed by atoms with E-state index >= 15 is 0 Å². The van der Waals surface area contributed by atoms with Crippen molar-refractivity contribution in [2.45, 2.75) is 69.3 Å². The maximum absolute atomic E-state index is 13.8. The number of halogens is 6. The molecule has 0 aromatic carbocycles. The lowest BCUT2D eigenvalue weighted by atomic mass is 9.90. The quantitative estimate of drug-likeness (QED) is 0.547. The molecule has 208 valence electrons. The SMILES string of the molecule is O=C1C[C@@H](C(F)(F)F)c2c(ncnc2N2CCC(c3nc(CC(F)(F)F)cn3CCN3CCCC3)CC2)N1. The van der Waals surface area contributed by atoms with Gasteiger partial charge in [0, 0.05) is 44.7 Å². The van der Waals surface area contributed by atoms with Crippen LogP contribution in [0.3, 0.4) is 0 Å². The topological polar surface area (TPSA) is 79.2 Å². The third-order valence-corrected chi connectivity index (χ3v) is 7.51. The number of carbonyl (C=O) groups is 1. The smallest absolute Gasteiger partial charge is 0.356 e. The molecule has 0 spiro atoms. The zero-order valence-corrected chi connectivity index (χ0v) is 20.7. The van der Waals surface area contributed by atoms with Gasteiger partial charge in [-0.05, 0) is 38.8 Å². The molecule has 1 N–H and O–H groups in total. The molecule has 2 saturated heterocycles. The molecule has 0 saturated carbocycles. The van der Waals surface area contributed by atoms with Gasteiger partial charge < -0.3 is 19.7 Å². The highest BCUT2D eigenvalue weighted by atomic mass is 19.4. The molecule has 3 aliphatic rings. The number of hydrogen-bond donors (Lipinski definition) is 1. The summed E-state index contributed by atoms with van der Waals surface area (Å²) in [5.74, 6) is -2.31. The Balaban J connectivity index is 1.34. The van der Waals surface area contributed by atoms with Crippen LogP contribution in [-0.2, 0) is 17.8 Å². The largest absolute Gasteiger partial charge is 0.396 e. The standard InChI is InChI=1S/C24H29F6N7O/c25-23(26,27)12-16-13-37(10-9-35-5-1-2-6-35)21(33-16)15-3-7-36(8-4-15)22-19-17(24(28,29)30)11-18(38)34-20(19)31-14-32-22/h13-15,17H,1-12H2,(H,31,32,34,38)/t17-/m1/s1. The Bertz CT molecular complexity index is 1150. The van der Waals surface area contributed by atoms with Crippen LogP contribution < -0.4 is 10.2 Å². The first-order valence-corrected chi connectivity index (χ1v) is 12.8. The van der Waals surface area contributed by atoms with E-state index in [1.54, 1.807) is 4.90 Å². The van der Waals surface area contributed by atoms with Crippen molar-refractivity contribution in [1.29, 1.82) is 0 Å². The van der Waals surface area contributed by atoms with Gasteiger partial charge >= 0.3 is 12.4 Å². The molecule has 3 aliphatic heterocycles. The molecule has 1 amide bonds. The normalized spacial score (nSPS) is 21.6. The molecule has 38 heavy (non-hydrogen) atoms. The zero-order chi connectivity index (χ0) is 27.1. The van der Waals surface area contributed by atoms with E-state index < -0.39 is 37.0 Å². The number of rotatable bonds is 6. The van der Waals surface area contributed by atoms with Crippen molar-refractivity contribution < 1.29 is 31.1 Å². The molecule has 0 aliphatic carbocycles. The van der Waals surface area contributed by atoms with Crippen molar-refractivity contribution in [2.24, 2.45) is 0 Å². The van der Waals surface area contributed by atoms with E-state index in [1.165, 1.54) is 6.20 Å². The predicted octanol–water partition coefficient (Wildman–Crippen LogP) is 4.25. The van der Waals surface area contributed by atoms with Gasteiger partial charge in [-0.25, -0.2) is 15.0 Å². The van der Waals surface area contributed by atoms with Crippen molar-refractivity contribution in [1.82, 2.24) is 24.4 Å². The minimum absolute atomic E-state index is 0.0232. The summed E-state index contributed by atoms with van der Waals surface area (Å²) in [5, 5.41) is 2.42. The number of amides is 1. The lowest BCUT2D eigenvalue weighted by Gasteiger charge is -2.36. The lowest BCUT2D eigenvalue weighted by molar-refractivity contribution is -0.156. The number of hydrogen-bond acceptors (Lipinski definition) is 6. The summed E-state index contributed by atoms with van der Waals surface area (Å²) in [4.78, 5) is 28.3. The van der Waals surface area contributed by atoms with Crippen LogP contribution >= 0.6 is 0 Å². The van der Waals surface area contributed by atoms with E-state index in [0.717, 1.165) is 38.8 Å². The van der Waals surface area contributed by atoms with Crippen LogP contribution in [0.15, 0.2) is 12.5 Å². The monoisotopic (exact) mass is 545 g/mol. The number of nitrogens with one attached hydrogen (secondary N) is 1. The van der Waals surface area contributed by atoms with Gasteiger partial charge in [-0.2, -0.15) is 26.3 Å². The summed E-state index contributed by atoms with van der Waals surface area (Å²) in [5.41, 5.74) is -0.164. The highest BCUT2D eigenvalue weighted by Crippen LogP contribution is 2.46. The number of aromatic nitrogens is 4. The second-order valence-electron chi connectivity index (χ2n) is 10.2. The average molecular weight is 546 g/mol. The second-order valence-corrected chi connectivity index (χ2v) is 10.2. The van der Waals surface area contributed by atoms with Crippen LogP contribution in [0.4, 0.5) is 38.0 Å². The van der Waals surface area contributed by atoms with Crippen LogP contribution in [0.2, 0.25) is 0 Å². The first-order chi connectivity index (χ1) is 18.0. The van der Waals surface area contributed by atoms with E-state index in [9.17, 15) is 31.1 Å². The van der Waals surface area contributed by atoms with Gasteiger partial charge in [0.15, 0.2) is 0 Å². The Morgan fingerprint density at radius 1 is 0.974 bits per heavy atom. The maximum Gasteiger partial charge on any atom is 0.396 e. The van der Waals surface area contributed by atoms with E-state index in [2.05, 4.69) is 25.2 Å². The Labute approximate surface area is 215 Å². The number of fused-ring (bicyclic) bond motifs is 1. The summed E-state index contributed by atoms with van der Waals surface area (Å²) in [6.07, 6.45) is -5.01. The van der Waals surface area contributed by atoms with E-state index in [4.69, 9.17) is 0 Å². The minimum Gasteiger partial charge on any atom is -0.356 e. The van der Waals surface area contributed by atoms with Crippen LogP contribution in [0.25, 0.3) is 0 Å². The predicted molar refractivity (Wildman–Crippen MR) is 126 cm³/mol. The maximum atomic E-state index is 13.8. The fourth-order valence-electron chi connectivity index (χ4n) is 5.70. The van der Waals surface area contributed by atoms with Crippen molar-refractivity contribution in [3.63, 3.8) is 0 Å². The van der Waals surface area contributed by atoms with Gasteiger partial charge in [0.1, 0.15) is 23.8 Å². The second kappa shape index (κ2) is 10.3. The minimum atomic E-state index is -4.64. The fourth-order valence-corrected chi connectivity index (χ4v) is 5.70. The Morgan fingerprint density at radius 2 is 1.68 bits per heavy atom. The van der Waals surface area contributed by atoms with Gasteiger partial charge in [0.25, 0.3) is 0 Å². The lowest BCUT2D eigenvalue weighted by Crippen LogP contribution is -2.38.